The molecule has 0 saturated carbocycles. The van der Waals surface area contributed by atoms with Gasteiger partial charge in [-0.2, -0.15) is 0 Å². The largest absolute Gasteiger partial charge is 0.493 e. The van der Waals surface area contributed by atoms with E-state index in [2.05, 4.69) is 10.2 Å². The SMILES string of the molecule is CCCOc1ccc(Cl)cc1C(=O)NC1CCN(C2CCN(C)C2=O)CC1. The van der Waals surface area contributed by atoms with Crippen LogP contribution in [0.15, 0.2) is 18.2 Å². The van der Waals surface area contributed by atoms with Crippen LogP contribution in [0.25, 0.3) is 0 Å². The first-order chi connectivity index (χ1) is 13.0. The van der Waals surface area contributed by atoms with E-state index < -0.39 is 0 Å². The number of hydrogen-bond acceptors (Lipinski definition) is 4. The number of likely N-dealkylation sites (tertiary alicyclic amines) is 2. The third-order valence-electron chi connectivity index (χ3n) is 5.35. The average molecular weight is 394 g/mol. The summed E-state index contributed by atoms with van der Waals surface area (Å²) in [4.78, 5) is 29.0. The van der Waals surface area contributed by atoms with E-state index >= 15 is 0 Å². The lowest BCUT2D eigenvalue weighted by molar-refractivity contribution is -0.131. The Kier molecular flexibility index (Phi) is 6.60. The molecular formula is C20H28ClN3O3. The van der Waals surface area contributed by atoms with Crippen LogP contribution in [0.4, 0.5) is 0 Å². The van der Waals surface area contributed by atoms with Gasteiger partial charge in [0, 0.05) is 37.7 Å². The summed E-state index contributed by atoms with van der Waals surface area (Å²) in [5.41, 5.74) is 0.478. The first-order valence-corrected chi connectivity index (χ1v) is 10.1. The van der Waals surface area contributed by atoms with E-state index in [-0.39, 0.29) is 23.9 Å². The Morgan fingerprint density at radius 2 is 2.00 bits per heavy atom. The second kappa shape index (κ2) is 8.93. The maximum Gasteiger partial charge on any atom is 0.255 e. The molecule has 2 aliphatic rings. The quantitative estimate of drug-likeness (QED) is 0.806. The van der Waals surface area contributed by atoms with E-state index in [0.717, 1.165) is 45.3 Å². The molecule has 1 N–H and O–H groups in total. The van der Waals surface area contributed by atoms with Crippen molar-refractivity contribution < 1.29 is 14.3 Å². The number of carbonyl (C=O) groups excluding carboxylic acids is 2. The zero-order valence-corrected chi connectivity index (χ0v) is 16.8. The van der Waals surface area contributed by atoms with Crippen molar-refractivity contribution in [2.45, 2.75) is 44.7 Å². The average Bonchev–Trinajstić information content (AvgIpc) is 3.00. The molecule has 0 aliphatic carbocycles. The predicted octanol–water partition coefficient (Wildman–Crippen LogP) is 2.55. The number of amides is 2. The van der Waals surface area contributed by atoms with Crippen molar-refractivity contribution in [3.63, 3.8) is 0 Å². The Bertz CT molecular complexity index is 689. The van der Waals surface area contributed by atoms with Crippen molar-refractivity contribution in [3.8, 4) is 5.75 Å². The standard InChI is InChI=1S/C20H28ClN3O3/c1-3-12-27-18-5-4-14(21)13-16(18)19(25)22-15-6-10-24(11-7-15)17-8-9-23(2)20(17)26/h4-5,13,15,17H,3,6-12H2,1-2H3,(H,22,25). The van der Waals surface area contributed by atoms with Gasteiger partial charge in [0.25, 0.3) is 5.91 Å². The molecular weight excluding hydrogens is 366 g/mol. The summed E-state index contributed by atoms with van der Waals surface area (Å²) in [6, 6.07) is 5.24. The van der Waals surface area contributed by atoms with Crippen molar-refractivity contribution in [1.82, 2.24) is 15.1 Å². The number of nitrogens with zero attached hydrogens (tertiary/aromatic N) is 2. The number of carbonyl (C=O) groups is 2. The van der Waals surface area contributed by atoms with Gasteiger partial charge in [0.15, 0.2) is 0 Å². The lowest BCUT2D eigenvalue weighted by Crippen LogP contribution is -2.50. The topological polar surface area (TPSA) is 61.9 Å². The molecule has 1 atom stereocenters. The number of likely N-dealkylation sites (N-methyl/N-ethyl adjacent to an activating group) is 1. The highest BCUT2D eigenvalue weighted by Crippen LogP contribution is 2.25. The van der Waals surface area contributed by atoms with Crippen LogP contribution in [0.3, 0.4) is 0 Å². The second-order valence-electron chi connectivity index (χ2n) is 7.34. The second-order valence-corrected chi connectivity index (χ2v) is 7.77. The number of hydrogen-bond donors (Lipinski definition) is 1. The summed E-state index contributed by atoms with van der Waals surface area (Å²) in [7, 11) is 1.86. The van der Waals surface area contributed by atoms with Gasteiger partial charge >= 0.3 is 0 Å². The molecule has 1 unspecified atom stereocenters. The molecule has 0 aromatic heterocycles. The molecule has 0 spiro atoms. The summed E-state index contributed by atoms with van der Waals surface area (Å²) < 4.78 is 5.69. The smallest absolute Gasteiger partial charge is 0.255 e. The molecule has 148 valence electrons. The fraction of sp³-hybridized carbons (Fsp3) is 0.600. The fourth-order valence-corrected chi connectivity index (χ4v) is 3.95. The highest BCUT2D eigenvalue weighted by Gasteiger charge is 2.36. The van der Waals surface area contributed by atoms with E-state index in [4.69, 9.17) is 16.3 Å². The molecule has 6 nitrogen and oxygen atoms in total. The molecule has 0 bridgehead atoms. The summed E-state index contributed by atoms with van der Waals surface area (Å²) in [6.45, 7) is 5.06. The Labute approximate surface area is 165 Å². The monoisotopic (exact) mass is 393 g/mol. The van der Waals surface area contributed by atoms with Gasteiger partial charge in [0.1, 0.15) is 5.75 Å². The van der Waals surface area contributed by atoms with E-state index in [1.165, 1.54) is 0 Å². The van der Waals surface area contributed by atoms with Gasteiger partial charge in [0.05, 0.1) is 18.2 Å². The number of ether oxygens (including phenoxy) is 1. The number of piperidine rings is 1. The van der Waals surface area contributed by atoms with Crippen LogP contribution in [-0.2, 0) is 4.79 Å². The van der Waals surface area contributed by atoms with Crippen LogP contribution >= 0.6 is 11.6 Å². The highest BCUT2D eigenvalue weighted by molar-refractivity contribution is 6.31. The normalized spacial score (nSPS) is 21.5. The minimum atomic E-state index is -0.154. The number of nitrogens with one attached hydrogen (secondary N) is 1. The Hall–Kier alpha value is -1.79. The van der Waals surface area contributed by atoms with E-state index in [1.54, 1.807) is 23.1 Å². The molecule has 7 heteroatoms. The van der Waals surface area contributed by atoms with Crippen LogP contribution in [0.1, 0.15) is 43.0 Å². The number of rotatable bonds is 6. The molecule has 2 heterocycles. The molecule has 0 radical (unpaired) electrons. The van der Waals surface area contributed by atoms with Crippen molar-refractivity contribution in [2.24, 2.45) is 0 Å². The van der Waals surface area contributed by atoms with Crippen molar-refractivity contribution in [3.05, 3.63) is 28.8 Å². The van der Waals surface area contributed by atoms with Gasteiger partial charge in [-0.3, -0.25) is 14.5 Å². The molecule has 2 fully saturated rings. The molecule has 1 aromatic rings. The van der Waals surface area contributed by atoms with Crippen LogP contribution in [0.2, 0.25) is 5.02 Å². The van der Waals surface area contributed by atoms with Gasteiger partial charge in [-0.05, 0) is 43.9 Å². The minimum absolute atomic E-state index is 0.00799. The summed E-state index contributed by atoms with van der Waals surface area (Å²) in [6.07, 6.45) is 3.44. The molecule has 27 heavy (non-hydrogen) atoms. The maximum atomic E-state index is 12.8. The highest BCUT2D eigenvalue weighted by atomic mass is 35.5. The fourth-order valence-electron chi connectivity index (χ4n) is 3.78. The van der Waals surface area contributed by atoms with Gasteiger partial charge in [0.2, 0.25) is 5.91 Å². The van der Waals surface area contributed by atoms with E-state index in [0.29, 0.717) is 22.9 Å². The Morgan fingerprint density at radius 3 is 2.63 bits per heavy atom. The first kappa shape index (κ1) is 20.0. The lowest BCUT2D eigenvalue weighted by Gasteiger charge is -2.35. The summed E-state index contributed by atoms with van der Waals surface area (Å²) >= 11 is 6.08. The Balaban J connectivity index is 1.57. The zero-order chi connectivity index (χ0) is 19.4. The maximum absolute atomic E-state index is 12.8. The van der Waals surface area contributed by atoms with Crippen molar-refractivity contribution >= 4 is 23.4 Å². The van der Waals surface area contributed by atoms with Gasteiger partial charge in [-0.1, -0.05) is 18.5 Å². The third-order valence-corrected chi connectivity index (χ3v) is 5.59. The summed E-state index contributed by atoms with van der Waals surface area (Å²) in [5, 5.41) is 3.63. The van der Waals surface area contributed by atoms with E-state index in [9.17, 15) is 9.59 Å². The predicted molar refractivity (Wildman–Crippen MR) is 105 cm³/mol. The number of halogens is 1. The van der Waals surface area contributed by atoms with Gasteiger partial charge in [-0.15, -0.1) is 0 Å². The van der Waals surface area contributed by atoms with Crippen LogP contribution in [-0.4, -0.2) is 67.0 Å². The van der Waals surface area contributed by atoms with Crippen LogP contribution in [0.5, 0.6) is 5.75 Å². The summed E-state index contributed by atoms with van der Waals surface area (Å²) in [5.74, 6) is 0.628. The van der Waals surface area contributed by atoms with Gasteiger partial charge < -0.3 is 15.0 Å². The molecule has 2 saturated heterocycles. The lowest BCUT2D eigenvalue weighted by atomic mass is 10.0. The Morgan fingerprint density at radius 1 is 1.26 bits per heavy atom. The van der Waals surface area contributed by atoms with Crippen molar-refractivity contribution in [2.75, 3.05) is 33.3 Å². The minimum Gasteiger partial charge on any atom is -0.493 e. The van der Waals surface area contributed by atoms with Crippen LogP contribution < -0.4 is 10.1 Å². The number of benzene rings is 1. The first-order valence-electron chi connectivity index (χ1n) is 9.71. The molecule has 2 aliphatic heterocycles. The van der Waals surface area contributed by atoms with Crippen LogP contribution in [0, 0.1) is 0 Å². The molecule has 3 rings (SSSR count). The van der Waals surface area contributed by atoms with Gasteiger partial charge in [-0.25, -0.2) is 0 Å². The zero-order valence-electron chi connectivity index (χ0n) is 16.0. The van der Waals surface area contributed by atoms with Crippen molar-refractivity contribution in [1.29, 1.82) is 0 Å². The third kappa shape index (κ3) is 4.74. The molecule has 1 aromatic carbocycles. The van der Waals surface area contributed by atoms with E-state index in [1.807, 2.05) is 14.0 Å². The molecule has 2 amide bonds.